The zero-order chi connectivity index (χ0) is 26.3. The Kier molecular flexibility index (Phi) is 7.70. The van der Waals surface area contributed by atoms with E-state index in [1.54, 1.807) is 18.2 Å². The number of amides is 2. The van der Waals surface area contributed by atoms with Crippen LogP contribution < -0.4 is 16.0 Å². The minimum Gasteiger partial charge on any atom is -0.394 e. The van der Waals surface area contributed by atoms with Gasteiger partial charge in [0.05, 0.1) is 29.5 Å². The number of nitrogens with one attached hydrogen (secondary N) is 3. The molecule has 5 N–H and O–H groups in total. The fourth-order valence-corrected chi connectivity index (χ4v) is 6.11. The van der Waals surface area contributed by atoms with Gasteiger partial charge in [-0.3, -0.25) is 9.59 Å². The molecule has 4 rings (SSSR count). The highest BCUT2D eigenvalue weighted by Crippen LogP contribution is 2.57. The average Bonchev–Trinajstić information content (AvgIpc) is 3.29. The van der Waals surface area contributed by atoms with Gasteiger partial charge in [-0.25, -0.2) is 0 Å². The lowest BCUT2D eigenvalue weighted by molar-refractivity contribution is -0.124. The maximum Gasteiger partial charge on any atom is 0.237 e. The molecule has 2 amide bonds. The van der Waals surface area contributed by atoms with Gasteiger partial charge in [0.2, 0.25) is 11.8 Å². The van der Waals surface area contributed by atoms with Crippen LogP contribution in [0.25, 0.3) is 0 Å². The Bertz CT molecular complexity index is 1150. The van der Waals surface area contributed by atoms with Crippen LogP contribution in [0.3, 0.4) is 0 Å². The van der Waals surface area contributed by atoms with Gasteiger partial charge in [-0.05, 0) is 47.6 Å². The monoisotopic (exact) mass is 533 g/mol. The summed E-state index contributed by atoms with van der Waals surface area (Å²) in [6.07, 6.45) is -0.0805. The smallest absolute Gasteiger partial charge is 0.237 e. The third kappa shape index (κ3) is 4.87. The molecule has 7 nitrogen and oxygen atoms in total. The third-order valence-electron chi connectivity index (χ3n) is 7.12. The quantitative estimate of drug-likeness (QED) is 0.373. The van der Waals surface area contributed by atoms with Crippen molar-refractivity contribution in [3.05, 3.63) is 63.6 Å². The van der Waals surface area contributed by atoms with E-state index >= 15 is 0 Å². The van der Waals surface area contributed by atoms with Crippen LogP contribution in [0.2, 0.25) is 10.0 Å². The maximum atomic E-state index is 14.0. The molecule has 0 radical (unpaired) electrons. The molecule has 1 spiro atoms. The molecule has 0 saturated carbocycles. The normalized spacial score (nSPS) is 26.1. The van der Waals surface area contributed by atoms with Gasteiger partial charge in [-0.1, -0.05) is 68.2 Å². The zero-order valence-corrected chi connectivity index (χ0v) is 22.2. The molecule has 0 aromatic heterocycles. The highest BCUT2D eigenvalue weighted by molar-refractivity contribution is 6.35. The van der Waals surface area contributed by atoms with Crippen LogP contribution in [0.1, 0.15) is 50.7 Å². The summed E-state index contributed by atoms with van der Waals surface area (Å²) >= 11 is 12.9. The predicted octanol–water partition coefficient (Wildman–Crippen LogP) is 3.60. The Morgan fingerprint density at radius 3 is 2.58 bits per heavy atom. The first kappa shape index (κ1) is 26.9. The van der Waals surface area contributed by atoms with E-state index < -0.39 is 23.5 Å². The number of aliphatic hydroxyl groups excluding tert-OH is 2. The SMILES string of the molecule is CC(C)(C)C[C@H]1N[C@@H](C(=O)NCC[C@H](O)CO)[C@H](c2cccc(Cl)c2)[C@@]12C(=O)Nc1c(Cl)cccc12. The van der Waals surface area contributed by atoms with E-state index in [1.807, 2.05) is 24.3 Å². The third-order valence-corrected chi connectivity index (χ3v) is 7.67. The molecule has 1 fully saturated rings. The van der Waals surface area contributed by atoms with Gasteiger partial charge in [0.25, 0.3) is 0 Å². The molecule has 2 aliphatic heterocycles. The molecule has 2 aromatic carbocycles. The summed E-state index contributed by atoms with van der Waals surface area (Å²) in [6.45, 7) is 6.12. The summed E-state index contributed by atoms with van der Waals surface area (Å²) in [4.78, 5) is 27.7. The molecule has 36 heavy (non-hydrogen) atoms. The van der Waals surface area contributed by atoms with Gasteiger partial charge >= 0.3 is 0 Å². The van der Waals surface area contributed by atoms with Crippen molar-refractivity contribution in [2.24, 2.45) is 5.41 Å². The topological polar surface area (TPSA) is 111 Å². The van der Waals surface area contributed by atoms with Crippen LogP contribution in [0.4, 0.5) is 5.69 Å². The lowest BCUT2D eigenvalue weighted by Crippen LogP contribution is -2.49. The van der Waals surface area contributed by atoms with Crippen LogP contribution in [-0.2, 0) is 15.0 Å². The fraction of sp³-hybridized carbons (Fsp3) is 0.481. The summed E-state index contributed by atoms with van der Waals surface area (Å²) in [7, 11) is 0. The Morgan fingerprint density at radius 1 is 1.19 bits per heavy atom. The van der Waals surface area contributed by atoms with Crippen molar-refractivity contribution >= 4 is 40.7 Å². The number of hydrogen-bond donors (Lipinski definition) is 5. The van der Waals surface area contributed by atoms with Crippen molar-refractivity contribution in [2.75, 3.05) is 18.5 Å². The molecule has 194 valence electrons. The van der Waals surface area contributed by atoms with Crippen LogP contribution >= 0.6 is 23.2 Å². The molecule has 0 unspecified atom stereocenters. The lowest BCUT2D eigenvalue weighted by atomic mass is 9.62. The average molecular weight is 534 g/mol. The number of halogens is 2. The van der Waals surface area contributed by atoms with E-state index in [1.165, 1.54) is 0 Å². The zero-order valence-electron chi connectivity index (χ0n) is 20.6. The van der Waals surface area contributed by atoms with Crippen molar-refractivity contribution in [1.29, 1.82) is 0 Å². The van der Waals surface area contributed by atoms with Crippen LogP contribution in [0.5, 0.6) is 0 Å². The lowest BCUT2D eigenvalue weighted by Gasteiger charge is -2.37. The standard InChI is InChI=1S/C27H33Cl2N3O4/c1-26(2,3)13-20-27(18-8-5-9-19(29)22(18)32-25(27)36)21(15-6-4-7-16(28)12-15)23(31-20)24(35)30-11-10-17(34)14-33/h4-9,12,17,20-21,23,31,33-34H,10-11,13-14H2,1-3H3,(H,30,35)(H,32,36)/t17-,20+,21-,23+,27-/m0/s1. The van der Waals surface area contributed by atoms with Crippen molar-refractivity contribution in [3.63, 3.8) is 0 Å². The summed E-state index contributed by atoms with van der Waals surface area (Å²) in [5, 5.41) is 29.2. The molecule has 0 aliphatic carbocycles. The number of carbonyl (C=O) groups excluding carboxylic acids is 2. The number of para-hydroxylation sites is 1. The molecule has 2 aromatic rings. The van der Waals surface area contributed by atoms with E-state index in [2.05, 4.69) is 36.7 Å². The van der Waals surface area contributed by atoms with Crippen molar-refractivity contribution in [1.82, 2.24) is 10.6 Å². The molecule has 1 saturated heterocycles. The first-order valence-electron chi connectivity index (χ1n) is 12.2. The number of rotatable bonds is 7. The van der Waals surface area contributed by atoms with Crippen LogP contribution in [-0.4, -0.2) is 53.4 Å². The number of benzene rings is 2. The predicted molar refractivity (Wildman–Crippen MR) is 141 cm³/mol. The maximum absolute atomic E-state index is 14.0. The Morgan fingerprint density at radius 2 is 1.92 bits per heavy atom. The van der Waals surface area contributed by atoms with E-state index in [0.29, 0.717) is 22.2 Å². The molecule has 2 aliphatic rings. The summed E-state index contributed by atoms with van der Waals surface area (Å²) in [5.41, 5.74) is 0.846. The van der Waals surface area contributed by atoms with Gasteiger partial charge in [0.1, 0.15) is 5.41 Å². The Hall–Kier alpha value is -2.16. The molecule has 9 heteroatoms. The van der Waals surface area contributed by atoms with Crippen LogP contribution in [0, 0.1) is 5.41 Å². The summed E-state index contributed by atoms with van der Waals surface area (Å²) in [5.74, 6) is -1.07. The number of fused-ring (bicyclic) bond motifs is 2. The van der Waals surface area contributed by atoms with Crippen molar-refractivity contribution in [2.45, 2.75) is 63.1 Å². The second-order valence-electron chi connectivity index (χ2n) is 10.9. The summed E-state index contributed by atoms with van der Waals surface area (Å²) in [6, 6.07) is 11.6. The van der Waals surface area contributed by atoms with E-state index in [-0.39, 0.29) is 42.8 Å². The molecule has 2 heterocycles. The molecule has 5 atom stereocenters. The first-order chi connectivity index (χ1) is 17.0. The van der Waals surface area contributed by atoms with E-state index in [4.69, 9.17) is 28.3 Å². The Labute approximate surface area is 221 Å². The minimum absolute atomic E-state index is 0.151. The van der Waals surface area contributed by atoms with Crippen LogP contribution in [0.15, 0.2) is 42.5 Å². The van der Waals surface area contributed by atoms with Crippen molar-refractivity contribution in [3.8, 4) is 0 Å². The van der Waals surface area contributed by atoms with E-state index in [9.17, 15) is 14.7 Å². The van der Waals surface area contributed by atoms with Gasteiger partial charge in [0.15, 0.2) is 0 Å². The number of anilines is 1. The summed E-state index contributed by atoms with van der Waals surface area (Å²) < 4.78 is 0. The molecular weight excluding hydrogens is 501 g/mol. The number of hydrogen-bond acceptors (Lipinski definition) is 5. The first-order valence-corrected chi connectivity index (χ1v) is 12.9. The largest absolute Gasteiger partial charge is 0.394 e. The van der Waals surface area contributed by atoms with Gasteiger partial charge in [0, 0.05) is 23.5 Å². The highest BCUT2D eigenvalue weighted by Gasteiger charge is 2.65. The highest BCUT2D eigenvalue weighted by atomic mass is 35.5. The van der Waals surface area contributed by atoms with Gasteiger partial charge in [-0.2, -0.15) is 0 Å². The Balaban J connectivity index is 1.87. The van der Waals surface area contributed by atoms with Crippen molar-refractivity contribution < 1.29 is 19.8 Å². The fourth-order valence-electron chi connectivity index (χ4n) is 5.69. The minimum atomic E-state index is -1.11. The molecular formula is C27H33Cl2N3O4. The van der Waals surface area contributed by atoms with E-state index in [0.717, 1.165) is 11.1 Å². The number of aliphatic hydroxyl groups is 2. The molecule has 0 bridgehead atoms. The van der Waals surface area contributed by atoms with Gasteiger partial charge in [-0.15, -0.1) is 0 Å². The van der Waals surface area contributed by atoms with Gasteiger partial charge < -0.3 is 26.2 Å². The number of carbonyl (C=O) groups is 2. The second-order valence-corrected chi connectivity index (χ2v) is 11.7. The second kappa shape index (κ2) is 10.3.